The molecule has 0 bridgehead atoms. The van der Waals surface area contributed by atoms with Crippen molar-refractivity contribution in [1.82, 2.24) is 10.2 Å². The predicted octanol–water partition coefficient (Wildman–Crippen LogP) is 6.63. The molecule has 12 heteroatoms. The highest BCUT2D eigenvalue weighted by Crippen LogP contribution is 2.44. The molecule has 4 rings (SSSR count). The summed E-state index contributed by atoms with van der Waals surface area (Å²) in [6.45, 7) is 6.59. The second-order valence-corrected chi connectivity index (χ2v) is 11.7. The number of nitrogens with one attached hydrogen (secondary N) is 1. The molecule has 0 spiro atoms. The number of benzene rings is 2. The molecular formula is C29H31F7N2O3. The number of hydrogen-bond donors (Lipinski definition) is 1. The average Bonchev–Trinajstić information content (AvgIpc) is 3.21. The van der Waals surface area contributed by atoms with E-state index >= 15 is 0 Å². The van der Waals surface area contributed by atoms with Crippen LogP contribution in [0, 0.1) is 11.2 Å². The van der Waals surface area contributed by atoms with E-state index in [0.29, 0.717) is 24.1 Å². The zero-order chi connectivity index (χ0) is 30.5. The summed E-state index contributed by atoms with van der Waals surface area (Å²) in [4.78, 5) is 27.4. The summed E-state index contributed by atoms with van der Waals surface area (Å²) >= 11 is 0. The molecule has 2 aromatic rings. The van der Waals surface area contributed by atoms with Crippen LogP contribution in [0.15, 0.2) is 42.5 Å². The summed E-state index contributed by atoms with van der Waals surface area (Å²) in [7, 11) is 0. The zero-order valence-electron chi connectivity index (χ0n) is 22.9. The summed E-state index contributed by atoms with van der Waals surface area (Å²) in [5.41, 5.74) is -3.34. The number of rotatable bonds is 5. The summed E-state index contributed by atoms with van der Waals surface area (Å²) in [6, 6.07) is 5.78. The zero-order valence-corrected chi connectivity index (χ0v) is 22.9. The molecule has 2 aliphatic rings. The van der Waals surface area contributed by atoms with Crippen molar-refractivity contribution in [2.75, 3.05) is 6.54 Å². The molecule has 2 fully saturated rings. The Morgan fingerprint density at radius 1 is 0.976 bits per heavy atom. The third-order valence-corrected chi connectivity index (χ3v) is 7.59. The Hall–Kier alpha value is -3.15. The molecule has 224 valence electrons. The van der Waals surface area contributed by atoms with E-state index in [4.69, 9.17) is 4.74 Å². The van der Waals surface area contributed by atoms with E-state index in [1.807, 2.05) is 0 Å². The van der Waals surface area contributed by atoms with Gasteiger partial charge in [0.15, 0.2) is 0 Å². The summed E-state index contributed by atoms with van der Waals surface area (Å²) in [5.74, 6) is -1.60. The van der Waals surface area contributed by atoms with Gasteiger partial charge in [0.2, 0.25) is 11.8 Å². The van der Waals surface area contributed by atoms with E-state index in [9.17, 15) is 40.3 Å². The fourth-order valence-corrected chi connectivity index (χ4v) is 5.46. The second-order valence-electron chi connectivity index (χ2n) is 11.7. The highest BCUT2D eigenvalue weighted by Gasteiger charge is 2.50. The van der Waals surface area contributed by atoms with Gasteiger partial charge < -0.3 is 15.0 Å². The summed E-state index contributed by atoms with van der Waals surface area (Å²) < 4.78 is 101. The van der Waals surface area contributed by atoms with Crippen LogP contribution in [0.1, 0.15) is 74.8 Å². The quantitative estimate of drug-likeness (QED) is 0.399. The third-order valence-electron chi connectivity index (χ3n) is 7.59. The van der Waals surface area contributed by atoms with Gasteiger partial charge in [-0.25, -0.2) is 4.39 Å². The van der Waals surface area contributed by atoms with Crippen LogP contribution < -0.4 is 5.32 Å². The number of piperidine rings is 1. The largest absolute Gasteiger partial charge is 0.416 e. The van der Waals surface area contributed by atoms with Crippen molar-refractivity contribution < 1.29 is 45.1 Å². The topological polar surface area (TPSA) is 58.6 Å². The minimum Gasteiger partial charge on any atom is -0.368 e. The molecular weight excluding hydrogens is 557 g/mol. The van der Waals surface area contributed by atoms with Gasteiger partial charge in [-0.1, -0.05) is 32.9 Å². The predicted molar refractivity (Wildman–Crippen MR) is 135 cm³/mol. The van der Waals surface area contributed by atoms with Crippen LogP contribution in [0.5, 0.6) is 0 Å². The number of nitrogens with zero attached hydrogens (tertiary/aromatic N) is 1. The van der Waals surface area contributed by atoms with Gasteiger partial charge in [-0.2, -0.15) is 26.3 Å². The number of carbonyl (C=O) groups excluding carboxylic acids is 2. The Balaban J connectivity index is 1.67. The fourth-order valence-electron chi connectivity index (χ4n) is 5.46. The van der Waals surface area contributed by atoms with Gasteiger partial charge in [0, 0.05) is 36.4 Å². The van der Waals surface area contributed by atoms with Crippen molar-refractivity contribution in [2.45, 2.75) is 83.1 Å². The normalized spacial score (nSPS) is 24.3. The lowest BCUT2D eigenvalue weighted by Gasteiger charge is -2.38. The molecule has 2 saturated heterocycles. The standard InChI is InChI=1S/C29H31F7N2O3/c1-15(17-9-18(28(31,32)33)11-19(10-17)29(34,35)36)41-23-14-38-22(25(23)16-5-7-20(30)8-6-16)12-21(13-24(38)39)37-26(40)27(2,3)4/h5-11,15,21-23,25H,12-14H2,1-4H3,(H,37,40)/t15-,21?,22+,23+,25+/m1/s1. The lowest BCUT2D eigenvalue weighted by atomic mass is 9.83. The molecule has 1 N–H and O–H groups in total. The molecule has 0 aliphatic carbocycles. The van der Waals surface area contributed by atoms with Crippen molar-refractivity contribution in [3.63, 3.8) is 0 Å². The molecule has 5 atom stereocenters. The van der Waals surface area contributed by atoms with Crippen LogP contribution in [0.2, 0.25) is 0 Å². The Labute approximate surface area is 233 Å². The second kappa shape index (κ2) is 10.9. The number of amides is 2. The first kappa shape index (κ1) is 30.8. The Kier molecular flexibility index (Phi) is 8.20. The molecule has 5 nitrogen and oxygen atoms in total. The monoisotopic (exact) mass is 588 g/mol. The maximum atomic E-state index is 13.8. The van der Waals surface area contributed by atoms with Crippen LogP contribution in [0.3, 0.4) is 0 Å². The lowest BCUT2D eigenvalue weighted by molar-refractivity contribution is -0.143. The van der Waals surface area contributed by atoms with E-state index in [-0.39, 0.29) is 36.4 Å². The minimum absolute atomic E-state index is 0.0271. The Bertz CT molecular complexity index is 1250. The SMILES string of the molecule is C[C@@H](O[C@H]1CN2C(=O)CC(NC(=O)C(C)(C)C)C[C@H]2[C@@H]1c1ccc(F)cc1)c1cc(C(F)(F)F)cc(C(F)(F)F)c1. The van der Waals surface area contributed by atoms with E-state index < -0.39 is 64.9 Å². The van der Waals surface area contributed by atoms with Gasteiger partial charge in [-0.15, -0.1) is 0 Å². The van der Waals surface area contributed by atoms with Crippen LogP contribution in [-0.2, 0) is 26.7 Å². The number of carbonyl (C=O) groups is 2. The van der Waals surface area contributed by atoms with Gasteiger partial charge >= 0.3 is 12.4 Å². The summed E-state index contributed by atoms with van der Waals surface area (Å²) in [6.07, 6.45) is -11.7. The van der Waals surface area contributed by atoms with Crippen molar-refractivity contribution in [3.05, 3.63) is 70.5 Å². The van der Waals surface area contributed by atoms with Gasteiger partial charge in [-0.05, 0) is 54.8 Å². The molecule has 2 amide bonds. The van der Waals surface area contributed by atoms with Gasteiger partial charge in [0.05, 0.1) is 23.3 Å². The molecule has 0 saturated carbocycles. The van der Waals surface area contributed by atoms with Crippen LogP contribution in [0.4, 0.5) is 30.7 Å². The first-order chi connectivity index (χ1) is 18.8. The van der Waals surface area contributed by atoms with Crippen LogP contribution in [-0.4, -0.2) is 41.4 Å². The number of ether oxygens (including phenoxy) is 1. The molecule has 2 heterocycles. The molecule has 0 radical (unpaired) electrons. The number of hydrogen-bond acceptors (Lipinski definition) is 3. The highest BCUT2D eigenvalue weighted by atomic mass is 19.4. The molecule has 1 unspecified atom stereocenters. The molecule has 41 heavy (non-hydrogen) atoms. The first-order valence-corrected chi connectivity index (χ1v) is 13.2. The van der Waals surface area contributed by atoms with Crippen molar-refractivity contribution in [2.24, 2.45) is 5.41 Å². The van der Waals surface area contributed by atoms with Crippen LogP contribution >= 0.6 is 0 Å². The number of alkyl halides is 6. The van der Waals surface area contributed by atoms with Gasteiger partial charge in [-0.3, -0.25) is 9.59 Å². The van der Waals surface area contributed by atoms with Crippen molar-refractivity contribution in [1.29, 1.82) is 0 Å². The Morgan fingerprint density at radius 2 is 1.54 bits per heavy atom. The van der Waals surface area contributed by atoms with Crippen molar-refractivity contribution >= 4 is 11.8 Å². The number of fused-ring (bicyclic) bond motifs is 1. The van der Waals surface area contributed by atoms with Gasteiger partial charge in [0.1, 0.15) is 5.82 Å². The first-order valence-electron chi connectivity index (χ1n) is 13.2. The van der Waals surface area contributed by atoms with E-state index in [0.717, 1.165) is 0 Å². The van der Waals surface area contributed by atoms with Crippen molar-refractivity contribution in [3.8, 4) is 0 Å². The molecule has 0 aromatic heterocycles. The minimum atomic E-state index is -5.01. The van der Waals surface area contributed by atoms with E-state index in [1.165, 1.54) is 31.2 Å². The smallest absolute Gasteiger partial charge is 0.368 e. The summed E-state index contributed by atoms with van der Waals surface area (Å²) in [5, 5.41) is 2.90. The average molecular weight is 589 g/mol. The third kappa shape index (κ3) is 6.85. The van der Waals surface area contributed by atoms with E-state index in [2.05, 4.69) is 5.32 Å². The maximum absolute atomic E-state index is 13.8. The fraction of sp³-hybridized carbons (Fsp3) is 0.517. The molecule has 2 aliphatic heterocycles. The highest BCUT2D eigenvalue weighted by molar-refractivity contribution is 5.84. The van der Waals surface area contributed by atoms with E-state index in [1.54, 1.807) is 25.7 Å². The maximum Gasteiger partial charge on any atom is 0.416 e. The lowest BCUT2D eigenvalue weighted by Crippen LogP contribution is -2.53. The molecule has 2 aromatic carbocycles. The van der Waals surface area contributed by atoms with Gasteiger partial charge in [0.25, 0.3) is 0 Å². The number of halogens is 7. The Morgan fingerprint density at radius 3 is 2.05 bits per heavy atom. The van der Waals surface area contributed by atoms with Crippen LogP contribution in [0.25, 0.3) is 0 Å².